The van der Waals surface area contributed by atoms with E-state index in [1.807, 2.05) is 18.2 Å². The summed E-state index contributed by atoms with van der Waals surface area (Å²) in [6, 6.07) is 16.6. The summed E-state index contributed by atoms with van der Waals surface area (Å²) in [4.78, 5) is 15.4. The number of nitrogens with two attached hydrogens (primary N) is 1. The number of carbonyl (C=O) groups excluding carboxylic acids is 1. The molecule has 4 heteroatoms. The van der Waals surface area contributed by atoms with Gasteiger partial charge < -0.3 is 16.0 Å². The minimum absolute atomic E-state index is 0.390. The number of primary amides is 1. The van der Waals surface area contributed by atoms with Crippen molar-refractivity contribution >= 4 is 16.8 Å². The van der Waals surface area contributed by atoms with Gasteiger partial charge in [-0.15, -0.1) is 0 Å². The van der Waals surface area contributed by atoms with Gasteiger partial charge in [-0.25, -0.2) is 0 Å². The van der Waals surface area contributed by atoms with Crippen LogP contribution in [0, 0.1) is 0 Å². The molecule has 0 atom stereocenters. The SMILES string of the molecule is NC(=O)c1[nH]c2c(C3CCNCC3)cccc2c1Cc1ccccc1. The Kier molecular flexibility index (Phi) is 4.28. The van der Waals surface area contributed by atoms with E-state index in [-0.39, 0.29) is 0 Å². The lowest BCUT2D eigenvalue weighted by molar-refractivity contribution is 0.0995. The Balaban J connectivity index is 1.83. The third-order valence-corrected chi connectivity index (χ3v) is 5.22. The molecule has 2 aromatic carbocycles. The predicted molar refractivity (Wildman–Crippen MR) is 101 cm³/mol. The summed E-state index contributed by atoms with van der Waals surface area (Å²) in [5, 5.41) is 4.53. The normalized spacial score (nSPS) is 15.5. The summed E-state index contributed by atoms with van der Waals surface area (Å²) in [5.74, 6) is 0.132. The maximum Gasteiger partial charge on any atom is 0.265 e. The lowest BCUT2D eigenvalue weighted by Gasteiger charge is -2.23. The second-order valence-electron chi connectivity index (χ2n) is 6.80. The van der Waals surface area contributed by atoms with Crippen molar-refractivity contribution in [2.24, 2.45) is 5.73 Å². The van der Waals surface area contributed by atoms with E-state index in [0.29, 0.717) is 18.0 Å². The van der Waals surface area contributed by atoms with E-state index in [1.54, 1.807) is 0 Å². The molecule has 0 aliphatic carbocycles. The summed E-state index contributed by atoms with van der Waals surface area (Å²) >= 11 is 0. The highest BCUT2D eigenvalue weighted by atomic mass is 16.1. The number of para-hydroxylation sites is 1. The molecular formula is C21H23N3O. The summed E-state index contributed by atoms with van der Waals surface area (Å²) in [6.07, 6.45) is 2.95. The van der Waals surface area contributed by atoms with Crippen LogP contribution in [0.3, 0.4) is 0 Å². The van der Waals surface area contributed by atoms with E-state index in [1.165, 1.54) is 11.1 Å². The van der Waals surface area contributed by atoms with Crippen LogP contribution in [-0.4, -0.2) is 24.0 Å². The van der Waals surface area contributed by atoms with Gasteiger partial charge in [0.05, 0.1) is 0 Å². The Bertz CT molecular complexity index is 892. The minimum Gasteiger partial charge on any atom is -0.364 e. The van der Waals surface area contributed by atoms with Crippen molar-refractivity contribution < 1.29 is 4.79 Å². The van der Waals surface area contributed by atoms with Crippen LogP contribution in [-0.2, 0) is 6.42 Å². The Labute approximate surface area is 147 Å². The van der Waals surface area contributed by atoms with Crippen molar-refractivity contribution in [3.05, 3.63) is 70.9 Å². The lowest BCUT2D eigenvalue weighted by atomic mass is 9.88. The van der Waals surface area contributed by atoms with Crippen LogP contribution < -0.4 is 11.1 Å². The quantitative estimate of drug-likeness (QED) is 0.685. The van der Waals surface area contributed by atoms with Crippen LogP contribution in [0.4, 0.5) is 0 Å². The number of benzene rings is 2. The van der Waals surface area contributed by atoms with Gasteiger partial charge >= 0.3 is 0 Å². The zero-order valence-electron chi connectivity index (χ0n) is 14.2. The van der Waals surface area contributed by atoms with E-state index in [2.05, 4.69) is 40.6 Å². The maximum atomic E-state index is 12.1. The molecule has 0 radical (unpaired) electrons. The van der Waals surface area contributed by atoms with Gasteiger partial charge in [-0.05, 0) is 48.5 Å². The van der Waals surface area contributed by atoms with Gasteiger partial charge in [-0.1, -0.05) is 48.5 Å². The Morgan fingerprint density at radius 2 is 1.80 bits per heavy atom. The van der Waals surface area contributed by atoms with Gasteiger partial charge in [0.1, 0.15) is 5.69 Å². The second kappa shape index (κ2) is 6.73. The van der Waals surface area contributed by atoms with Gasteiger partial charge in [-0.2, -0.15) is 0 Å². The molecule has 0 spiro atoms. The molecule has 1 amide bonds. The highest BCUT2D eigenvalue weighted by molar-refractivity contribution is 6.01. The molecule has 25 heavy (non-hydrogen) atoms. The Hall–Kier alpha value is -2.59. The first-order valence-electron chi connectivity index (χ1n) is 8.92. The van der Waals surface area contributed by atoms with E-state index < -0.39 is 5.91 Å². The number of aromatic amines is 1. The van der Waals surface area contributed by atoms with Crippen molar-refractivity contribution in [1.82, 2.24) is 10.3 Å². The fourth-order valence-electron chi connectivity index (χ4n) is 3.96. The second-order valence-corrected chi connectivity index (χ2v) is 6.80. The number of rotatable bonds is 4. The van der Waals surface area contributed by atoms with E-state index in [0.717, 1.165) is 42.4 Å². The van der Waals surface area contributed by atoms with E-state index in [4.69, 9.17) is 5.73 Å². The van der Waals surface area contributed by atoms with Crippen LogP contribution in [0.1, 0.15) is 45.9 Å². The van der Waals surface area contributed by atoms with Gasteiger partial charge in [0.15, 0.2) is 0 Å². The molecule has 0 unspecified atom stereocenters. The number of aromatic nitrogens is 1. The van der Waals surface area contributed by atoms with Crippen molar-refractivity contribution in [2.45, 2.75) is 25.2 Å². The zero-order chi connectivity index (χ0) is 17.2. The van der Waals surface area contributed by atoms with E-state index in [9.17, 15) is 4.79 Å². The number of fused-ring (bicyclic) bond motifs is 1. The average molecular weight is 333 g/mol. The molecule has 0 saturated carbocycles. The number of amides is 1. The molecule has 1 aromatic heterocycles. The number of piperidine rings is 1. The monoisotopic (exact) mass is 333 g/mol. The lowest BCUT2D eigenvalue weighted by Crippen LogP contribution is -2.26. The first-order valence-corrected chi connectivity index (χ1v) is 8.92. The summed E-state index contributed by atoms with van der Waals surface area (Å²) in [6.45, 7) is 2.09. The fourth-order valence-corrected chi connectivity index (χ4v) is 3.96. The van der Waals surface area contributed by atoms with Crippen LogP contribution in [0.25, 0.3) is 10.9 Å². The predicted octanol–water partition coefficient (Wildman–Crippen LogP) is 3.32. The highest BCUT2D eigenvalue weighted by Crippen LogP contribution is 2.34. The average Bonchev–Trinajstić information content (AvgIpc) is 3.02. The summed E-state index contributed by atoms with van der Waals surface area (Å²) in [7, 11) is 0. The maximum absolute atomic E-state index is 12.1. The summed E-state index contributed by atoms with van der Waals surface area (Å²) in [5.41, 5.74) is 10.8. The molecule has 2 heterocycles. The Morgan fingerprint density at radius 3 is 2.52 bits per heavy atom. The first kappa shape index (κ1) is 15.9. The Morgan fingerprint density at radius 1 is 1.04 bits per heavy atom. The van der Waals surface area contributed by atoms with E-state index >= 15 is 0 Å². The van der Waals surface area contributed by atoms with Crippen molar-refractivity contribution in [2.75, 3.05) is 13.1 Å². The summed E-state index contributed by atoms with van der Waals surface area (Å²) < 4.78 is 0. The molecule has 1 aliphatic heterocycles. The van der Waals surface area contributed by atoms with Crippen molar-refractivity contribution in [1.29, 1.82) is 0 Å². The van der Waals surface area contributed by atoms with Crippen LogP contribution >= 0.6 is 0 Å². The molecule has 128 valence electrons. The molecule has 0 bridgehead atoms. The molecule has 4 rings (SSSR count). The van der Waals surface area contributed by atoms with Gasteiger partial charge in [0, 0.05) is 17.3 Å². The van der Waals surface area contributed by atoms with Crippen molar-refractivity contribution in [3.8, 4) is 0 Å². The van der Waals surface area contributed by atoms with Gasteiger partial charge in [-0.3, -0.25) is 4.79 Å². The topological polar surface area (TPSA) is 70.9 Å². The molecule has 3 aromatic rings. The molecule has 4 nitrogen and oxygen atoms in total. The number of carbonyl (C=O) groups is 1. The van der Waals surface area contributed by atoms with Crippen LogP contribution in [0.5, 0.6) is 0 Å². The number of hydrogen-bond donors (Lipinski definition) is 3. The number of H-pyrrole nitrogens is 1. The van der Waals surface area contributed by atoms with Gasteiger partial charge in [0.25, 0.3) is 5.91 Å². The fraction of sp³-hybridized carbons (Fsp3) is 0.286. The third-order valence-electron chi connectivity index (χ3n) is 5.22. The highest BCUT2D eigenvalue weighted by Gasteiger charge is 2.22. The first-order chi connectivity index (χ1) is 12.2. The van der Waals surface area contributed by atoms with Crippen LogP contribution in [0.15, 0.2) is 48.5 Å². The zero-order valence-corrected chi connectivity index (χ0v) is 14.2. The minimum atomic E-state index is -0.390. The van der Waals surface area contributed by atoms with Gasteiger partial charge in [0.2, 0.25) is 0 Å². The molecule has 4 N–H and O–H groups in total. The molecular weight excluding hydrogens is 310 g/mol. The molecule has 1 fully saturated rings. The molecule has 1 saturated heterocycles. The third kappa shape index (κ3) is 3.05. The van der Waals surface area contributed by atoms with Crippen molar-refractivity contribution in [3.63, 3.8) is 0 Å². The number of hydrogen-bond acceptors (Lipinski definition) is 2. The van der Waals surface area contributed by atoms with Crippen LogP contribution in [0.2, 0.25) is 0 Å². The standard InChI is InChI=1S/C21H23N3O/c22-21(25)20-18(13-14-5-2-1-3-6-14)17-8-4-7-16(19(17)24-20)15-9-11-23-12-10-15/h1-8,15,23-24H,9-13H2,(H2,22,25). The molecule has 1 aliphatic rings. The smallest absolute Gasteiger partial charge is 0.265 e. The number of nitrogens with one attached hydrogen (secondary N) is 2. The largest absolute Gasteiger partial charge is 0.364 e.